The summed E-state index contributed by atoms with van der Waals surface area (Å²) in [6, 6.07) is 51.8. The Hall–Kier alpha value is -3.59. The third-order valence-electron chi connectivity index (χ3n) is 13.9. The van der Waals surface area contributed by atoms with Gasteiger partial charge in [-0.2, -0.15) is 0 Å². The van der Waals surface area contributed by atoms with Crippen molar-refractivity contribution in [3.8, 4) is 0 Å². The summed E-state index contributed by atoms with van der Waals surface area (Å²) in [6.45, 7) is 0. The second-order valence-electron chi connectivity index (χ2n) is 17.0. The van der Waals surface area contributed by atoms with E-state index in [2.05, 4.69) is 132 Å². The first kappa shape index (κ1) is 33.5. The van der Waals surface area contributed by atoms with Gasteiger partial charge < -0.3 is 4.90 Å². The second-order valence-corrected chi connectivity index (χ2v) is 23.5. The molecule has 0 unspecified atom stereocenters. The van der Waals surface area contributed by atoms with Gasteiger partial charge in [0.2, 0.25) is 0 Å². The topological polar surface area (TPSA) is 3.24 Å². The SMILES string of the molecule is c1ccc(P2c3cc(C4CCCC4)cc4c3N3c5c2cc(C2CCCC2)cc5P(c2ccccc2)c2cc(C5CCCC5)cc(c23)P4c2ccccc2)cc1. The van der Waals surface area contributed by atoms with Gasteiger partial charge in [-0.1, -0.05) is 130 Å². The maximum absolute atomic E-state index is 2.89. The molecule has 0 bridgehead atoms. The Balaban J connectivity index is 1.24. The molecule has 6 aliphatic rings. The number of hydrogen-bond acceptors (Lipinski definition) is 1. The van der Waals surface area contributed by atoms with E-state index in [1.54, 1.807) is 65.6 Å². The van der Waals surface area contributed by atoms with E-state index in [4.69, 9.17) is 0 Å². The molecule has 0 atom stereocenters. The summed E-state index contributed by atoms with van der Waals surface area (Å²) >= 11 is 0. The van der Waals surface area contributed by atoms with Gasteiger partial charge in [0.25, 0.3) is 0 Å². The van der Waals surface area contributed by atoms with Crippen LogP contribution in [-0.2, 0) is 0 Å². The molecular formula is C51H48NP3. The van der Waals surface area contributed by atoms with E-state index in [0.29, 0.717) is 17.8 Å². The van der Waals surface area contributed by atoms with Crippen molar-refractivity contribution < 1.29 is 0 Å². The minimum Gasteiger partial charge on any atom is -0.306 e. The van der Waals surface area contributed by atoms with Crippen LogP contribution in [0, 0.1) is 0 Å². The highest BCUT2D eigenvalue weighted by atomic mass is 31.1. The van der Waals surface area contributed by atoms with E-state index in [1.807, 2.05) is 0 Å². The fraction of sp³-hybridized carbons (Fsp3) is 0.294. The van der Waals surface area contributed by atoms with Crippen LogP contribution in [0.25, 0.3) is 0 Å². The van der Waals surface area contributed by atoms with Gasteiger partial charge >= 0.3 is 0 Å². The van der Waals surface area contributed by atoms with Crippen LogP contribution < -0.4 is 52.6 Å². The van der Waals surface area contributed by atoms with Gasteiger partial charge in [0.15, 0.2) is 0 Å². The molecule has 0 amide bonds. The molecule has 3 fully saturated rings. The van der Waals surface area contributed by atoms with Crippen LogP contribution in [0.4, 0.5) is 17.1 Å². The number of anilines is 3. The van der Waals surface area contributed by atoms with Gasteiger partial charge in [0, 0.05) is 31.8 Å². The first-order chi connectivity index (χ1) is 27.3. The summed E-state index contributed by atoms with van der Waals surface area (Å²) in [5.41, 5.74) is 9.48. The van der Waals surface area contributed by atoms with Gasteiger partial charge in [-0.15, -0.1) is 0 Å². The van der Waals surface area contributed by atoms with E-state index in [1.165, 1.54) is 93.0 Å². The predicted molar refractivity (Wildman–Crippen MR) is 242 cm³/mol. The summed E-state index contributed by atoms with van der Waals surface area (Å²) < 4.78 is 0. The van der Waals surface area contributed by atoms with Crippen molar-refractivity contribution in [2.24, 2.45) is 0 Å². The van der Waals surface area contributed by atoms with Gasteiger partial charge in [-0.3, -0.25) is 0 Å². The molecule has 3 saturated carbocycles. The fourth-order valence-electron chi connectivity index (χ4n) is 11.4. The van der Waals surface area contributed by atoms with Crippen LogP contribution in [0.15, 0.2) is 127 Å². The van der Waals surface area contributed by atoms with Crippen LogP contribution in [0.3, 0.4) is 0 Å². The molecule has 0 aromatic heterocycles. The lowest BCUT2D eigenvalue weighted by molar-refractivity contribution is 0.724. The Bertz CT molecular complexity index is 2080. The molecule has 3 aliphatic carbocycles. The van der Waals surface area contributed by atoms with Crippen molar-refractivity contribution in [2.75, 3.05) is 4.90 Å². The lowest BCUT2D eigenvalue weighted by atomic mass is 9.95. The molecule has 1 nitrogen and oxygen atoms in total. The highest BCUT2D eigenvalue weighted by Crippen LogP contribution is 2.61. The van der Waals surface area contributed by atoms with E-state index in [-0.39, 0.29) is 0 Å². The molecule has 6 aromatic carbocycles. The quantitative estimate of drug-likeness (QED) is 0.152. The summed E-state index contributed by atoms with van der Waals surface area (Å²) in [5.74, 6) is 1.99. The summed E-state index contributed by atoms with van der Waals surface area (Å²) in [7, 11) is -2.28. The molecular weight excluding hydrogens is 719 g/mol. The third kappa shape index (κ3) is 5.29. The number of rotatable bonds is 6. The number of hydrogen-bond donors (Lipinski definition) is 0. The van der Waals surface area contributed by atoms with Crippen LogP contribution in [0.2, 0.25) is 0 Å². The Morgan fingerprint density at radius 2 is 0.564 bits per heavy atom. The van der Waals surface area contributed by atoms with Gasteiger partial charge in [0.05, 0.1) is 17.1 Å². The number of benzene rings is 6. The molecule has 0 N–H and O–H groups in total. The minimum absolute atomic E-state index is 0.664. The molecule has 3 aliphatic heterocycles. The standard InChI is InChI=1S/C51H48NP3/c1-4-22-40(23-5-1)53-43-28-37(34-16-10-11-17-34)30-45-49(43)52-50-44(53)29-38(35-18-12-13-19-35)31-46(50)55(42-26-8-3-9-27-42)48-33-39(36-20-14-15-21-36)32-47(51(48)52)54(45)41-24-6-2-7-25-41/h1-9,22-36H,10-21H2. The van der Waals surface area contributed by atoms with E-state index in [0.717, 1.165) is 0 Å². The Morgan fingerprint density at radius 3 is 0.800 bits per heavy atom. The molecule has 0 saturated heterocycles. The highest BCUT2D eigenvalue weighted by Gasteiger charge is 2.48. The summed E-state index contributed by atoms with van der Waals surface area (Å²) in [6.07, 6.45) is 16.1. The van der Waals surface area contributed by atoms with Gasteiger partial charge in [0.1, 0.15) is 0 Å². The van der Waals surface area contributed by atoms with Crippen molar-refractivity contribution in [2.45, 2.75) is 94.8 Å². The first-order valence-electron chi connectivity index (χ1n) is 21.2. The van der Waals surface area contributed by atoms with Crippen molar-refractivity contribution in [3.63, 3.8) is 0 Å². The van der Waals surface area contributed by atoms with Crippen LogP contribution in [-0.4, -0.2) is 0 Å². The highest BCUT2D eigenvalue weighted by molar-refractivity contribution is 7.84. The molecule has 6 aromatic rings. The average Bonchev–Trinajstić information content (AvgIpc) is 4.07. The monoisotopic (exact) mass is 767 g/mol. The van der Waals surface area contributed by atoms with Crippen molar-refractivity contribution in [1.29, 1.82) is 0 Å². The normalized spacial score (nSPS) is 22.7. The lowest BCUT2D eigenvalue weighted by Crippen LogP contribution is -2.51. The summed E-state index contributed by atoms with van der Waals surface area (Å²) in [4.78, 5) is 2.89. The molecule has 55 heavy (non-hydrogen) atoms. The summed E-state index contributed by atoms with van der Waals surface area (Å²) in [5, 5.41) is 14.2. The molecule has 0 spiro atoms. The molecule has 3 heterocycles. The second kappa shape index (κ2) is 13.5. The lowest BCUT2D eigenvalue weighted by Gasteiger charge is -2.50. The van der Waals surface area contributed by atoms with Crippen LogP contribution in [0.5, 0.6) is 0 Å². The molecule has 0 radical (unpaired) electrons. The van der Waals surface area contributed by atoms with Gasteiger partial charge in [-0.25, -0.2) is 0 Å². The number of nitrogens with zero attached hydrogens (tertiary/aromatic N) is 1. The van der Waals surface area contributed by atoms with E-state index in [9.17, 15) is 0 Å². The maximum Gasteiger partial charge on any atom is 0.0629 e. The van der Waals surface area contributed by atoms with Gasteiger partial charge in [-0.05, 0) is 149 Å². The largest absolute Gasteiger partial charge is 0.306 e. The fourth-order valence-corrected chi connectivity index (χ4v) is 19.7. The van der Waals surface area contributed by atoms with Crippen molar-refractivity contribution in [3.05, 3.63) is 144 Å². The average molecular weight is 768 g/mol. The molecule has 4 heteroatoms. The van der Waals surface area contributed by atoms with Crippen LogP contribution in [0.1, 0.15) is 111 Å². The van der Waals surface area contributed by atoms with Crippen molar-refractivity contribution >= 4 is 88.6 Å². The predicted octanol–water partition coefficient (Wildman–Crippen LogP) is 10.3. The first-order valence-corrected chi connectivity index (χ1v) is 25.2. The Kier molecular flexibility index (Phi) is 8.24. The minimum atomic E-state index is -0.761. The van der Waals surface area contributed by atoms with E-state index >= 15 is 0 Å². The third-order valence-corrected chi connectivity index (χ3v) is 21.3. The Morgan fingerprint density at radius 1 is 0.327 bits per heavy atom. The maximum atomic E-state index is 2.89. The Labute approximate surface area is 330 Å². The zero-order valence-electron chi connectivity index (χ0n) is 31.6. The smallest absolute Gasteiger partial charge is 0.0629 e. The zero-order valence-corrected chi connectivity index (χ0v) is 34.3. The van der Waals surface area contributed by atoms with Crippen LogP contribution >= 0.6 is 23.8 Å². The zero-order chi connectivity index (χ0) is 36.0. The van der Waals surface area contributed by atoms with E-state index < -0.39 is 23.8 Å². The molecule has 272 valence electrons. The van der Waals surface area contributed by atoms with Crippen molar-refractivity contribution in [1.82, 2.24) is 0 Å². The molecule has 12 rings (SSSR count).